The highest BCUT2D eigenvalue weighted by Gasteiger charge is 2.13. The normalized spacial score (nSPS) is 10.3. The Morgan fingerprint density at radius 3 is 2.22 bits per heavy atom. The monoisotopic (exact) mass is 361 g/mol. The van der Waals surface area contributed by atoms with Gasteiger partial charge in [0.05, 0.1) is 5.56 Å². The molecule has 27 heavy (non-hydrogen) atoms. The van der Waals surface area contributed by atoms with Crippen molar-refractivity contribution in [3.63, 3.8) is 0 Å². The number of benzene rings is 2. The molecule has 0 saturated carbocycles. The van der Waals surface area contributed by atoms with Gasteiger partial charge in [-0.25, -0.2) is 4.98 Å². The fraction of sp³-hybridized carbons (Fsp3) is 0.182. The molecule has 1 amide bonds. The summed E-state index contributed by atoms with van der Waals surface area (Å²) in [6.07, 6.45) is 1.55. The first-order valence-electron chi connectivity index (χ1n) is 8.73. The van der Waals surface area contributed by atoms with Gasteiger partial charge < -0.3 is 14.5 Å². The second kappa shape index (κ2) is 8.36. The molecule has 0 radical (unpaired) electrons. The first kappa shape index (κ1) is 18.5. The molecule has 0 unspecified atom stereocenters. The predicted molar refractivity (Wildman–Crippen MR) is 107 cm³/mol. The topological polar surface area (TPSA) is 45.7 Å². The van der Waals surface area contributed by atoms with Gasteiger partial charge in [-0.15, -0.1) is 0 Å². The smallest absolute Gasteiger partial charge is 0.255 e. The van der Waals surface area contributed by atoms with Crippen LogP contribution in [0.15, 0.2) is 72.9 Å². The Morgan fingerprint density at radius 1 is 0.926 bits per heavy atom. The molecular weight excluding hydrogens is 338 g/mol. The van der Waals surface area contributed by atoms with Gasteiger partial charge in [-0.05, 0) is 35.9 Å². The van der Waals surface area contributed by atoms with Crippen molar-refractivity contribution in [1.29, 1.82) is 0 Å². The van der Waals surface area contributed by atoms with Gasteiger partial charge in [0, 0.05) is 45.6 Å². The number of ether oxygens (including phenoxy) is 1. The number of hydrogen-bond donors (Lipinski definition) is 0. The summed E-state index contributed by atoms with van der Waals surface area (Å²) in [4.78, 5) is 20.6. The van der Waals surface area contributed by atoms with Crippen molar-refractivity contribution in [3.8, 4) is 11.6 Å². The lowest BCUT2D eigenvalue weighted by Gasteiger charge is -2.18. The van der Waals surface area contributed by atoms with Gasteiger partial charge in [-0.1, -0.05) is 30.3 Å². The average Bonchev–Trinajstić information content (AvgIpc) is 2.69. The van der Waals surface area contributed by atoms with Crippen LogP contribution in [0.5, 0.6) is 11.6 Å². The van der Waals surface area contributed by atoms with Crippen LogP contribution in [0.25, 0.3) is 0 Å². The number of rotatable bonds is 6. The summed E-state index contributed by atoms with van der Waals surface area (Å²) in [6, 6.07) is 21.0. The van der Waals surface area contributed by atoms with E-state index >= 15 is 0 Å². The zero-order chi connectivity index (χ0) is 19.2. The summed E-state index contributed by atoms with van der Waals surface area (Å²) in [5.41, 5.74) is 2.74. The molecule has 0 spiro atoms. The molecule has 0 aliphatic rings. The van der Waals surface area contributed by atoms with Crippen molar-refractivity contribution < 1.29 is 9.53 Å². The van der Waals surface area contributed by atoms with E-state index < -0.39 is 0 Å². The average molecular weight is 361 g/mol. The van der Waals surface area contributed by atoms with Gasteiger partial charge in [0.15, 0.2) is 0 Å². The lowest BCUT2D eigenvalue weighted by atomic mass is 10.1. The number of nitrogens with zero attached hydrogens (tertiary/aromatic N) is 3. The standard InChI is InChI=1S/C22H23N3O2/c1-24(2)19-12-9-17(10-13-19)16-25(3)22(26)18-11-14-21(23-15-18)27-20-7-5-4-6-8-20/h4-15H,16H2,1-3H3. The van der Waals surface area contributed by atoms with Gasteiger partial charge in [0.25, 0.3) is 5.91 Å². The molecule has 0 bridgehead atoms. The van der Waals surface area contributed by atoms with E-state index in [1.165, 1.54) is 0 Å². The van der Waals surface area contributed by atoms with Crippen LogP contribution in [0.3, 0.4) is 0 Å². The first-order valence-corrected chi connectivity index (χ1v) is 8.73. The minimum Gasteiger partial charge on any atom is -0.439 e. The quantitative estimate of drug-likeness (QED) is 0.660. The minimum atomic E-state index is -0.0783. The highest BCUT2D eigenvalue weighted by Crippen LogP contribution is 2.19. The molecule has 0 atom stereocenters. The number of pyridine rings is 1. The van der Waals surface area contributed by atoms with Crippen LogP contribution in [0.1, 0.15) is 15.9 Å². The number of anilines is 1. The van der Waals surface area contributed by atoms with E-state index in [-0.39, 0.29) is 5.91 Å². The fourth-order valence-electron chi connectivity index (χ4n) is 2.64. The summed E-state index contributed by atoms with van der Waals surface area (Å²) in [5.74, 6) is 1.09. The van der Waals surface area contributed by atoms with Crippen molar-refractivity contribution in [2.45, 2.75) is 6.54 Å². The molecule has 1 heterocycles. The van der Waals surface area contributed by atoms with E-state index in [0.29, 0.717) is 23.7 Å². The van der Waals surface area contributed by atoms with Crippen LogP contribution in [-0.4, -0.2) is 36.9 Å². The van der Waals surface area contributed by atoms with E-state index in [2.05, 4.69) is 4.98 Å². The van der Waals surface area contributed by atoms with Crippen LogP contribution < -0.4 is 9.64 Å². The molecule has 0 aliphatic carbocycles. The van der Waals surface area contributed by atoms with E-state index in [4.69, 9.17) is 4.74 Å². The molecule has 3 aromatic rings. The predicted octanol–water partition coefficient (Wildman–Crippen LogP) is 4.21. The number of aromatic nitrogens is 1. The number of hydrogen-bond acceptors (Lipinski definition) is 4. The second-order valence-electron chi connectivity index (χ2n) is 6.52. The molecule has 0 N–H and O–H groups in total. The molecule has 5 heteroatoms. The molecule has 0 fully saturated rings. The summed E-state index contributed by atoms with van der Waals surface area (Å²) in [6.45, 7) is 0.537. The number of amides is 1. The molecule has 1 aromatic heterocycles. The number of para-hydroxylation sites is 1. The fourth-order valence-corrected chi connectivity index (χ4v) is 2.64. The first-order chi connectivity index (χ1) is 13.0. The number of carbonyl (C=O) groups excluding carboxylic acids is 1. The van der Waals surface area contributed by atoms with Crippen molar-refractivity contribution in [2.75, 3.05) is 26.0 Å². The Bertz CT molecular complexity index is 876. The largest absolute Gasteiger partial charge is 0.439 e. The minimum absolute atomic E-state index is 0.0783. The zero-order valence-corrected chi connectivity index (χ0v) is 15.8. The Labute approximate surface area is 159 Å². The van der Waals surface area contributed by atoms with Gasteiger partial charge in [-0.3, -0.25) is 4.79 Å². The molecule has 138 valence electrons. The third-order valence-corrected chi connectivity index (χ3v) is 4.17. The van der Waals surface area contributed by atoms with E-state index in [9.17, 15) is 4.79 Å². The maximum atomic E-state index is 12.6. The summed E-state index contributed by atoms with van der Waals surface area (Å²) < 4.78 is 5.66. The van der Waals surface area contributed by atoms with Crippen LogP contribution >= 0.6 is 0 Å². The third-order valence-electron chi connectivity index (χ3n) is 4.17. The molecule has 3 rings (SSSR count). The van der Waals surface area contributed by atoms with Crippen LogP contribution in [0.4, 0.5) is 5.69 Å². The zero-order valence-electron chi connectivity index (χ0n) is 15.8. The lowest BCUT2D eigenvalue weighted by Crippen LogP contribution is -2.26. The summed E-state index contributed by atoms with van der Waals surface area (Å²) in [5, 5.41) is 0. The highest BCUT2D eigenvalue weighted by molar-refractivity contribution is 5.93. The van der Waals surface area contributed by atoms with Crippen LogP contribution in [-0.2, 0) is 6.54 Å². The van der Waals surface area contributed by atoms with Crippen molar-refractivity contribution in [2.24, 2.45) is 0 Å². The van der Waals surface area contributed by atoms with Gasteiger partial charge in [0.1, 0.15) is 5.75 Å². The molecule has 0 aliphatic heterocycles. The number of carbonyl (C=O) groups is 1. The van der Waals surface area contributed by atoms with Crippen LogP contribution in [0.2, 0.25) is 0 Å². The molecule has 2 aromatic carbocycles. The van der Waals surface area contributed by atoms with E-state index in [1.54, 1.807) is 30.3 Å². The Morgan fingerprint density at radius 2 is 1.63 bits per heavy atom. The molecule has 5 nitrogen and oxygen atoms in total. The maximum absolute atomic E-state index is 12.6. The van der Waals surface area contributed by atoms with Gasteiger partial charge >= 0.3 is 0 Å². The SMILES string of the molecule is CN(Cc1ccc(N(C)C)cc1)C(=O)c1ccc(Oc2ccccc2)nc1. The maximum Gasteiger partial charge on any atom is 0.255 e. The summed E-state index contributed by atoms with van der Waals surface area (Å²) in [7, 11) is 5.79. The highest BCUT2D eigenvalue weighted by atomic mass is 16.5. The van der Waals surface area contributed by atoms with E-state index in [1.807, 2.05) is 73.6 Å². The van der Waals surface area contributed by atoms with Crippen molar-refractivity contribution in [3.05, 3.63) is 84.1 Å². The molecular formula is C22H23N3O2. The lowest BCUT2D eigenvalue weighted by molar-refractivity contribution is 0.0784. The van der Waals surface area contributed by atoms with Crippen LogP contribution in [0, 0.1) is 0 Å². The van der Waals surface area contributed by atoms with Crippen molar-refractivity contribution in [1.82, 2.24) is 9.88 Å². The van der Waals surface area contributed by atoms with Gasteiger partial charge in [-0.2, -0.15) is 0 Å². The Balaban J connectivity index is 1.62. The molecule has 0 saturated heterocycles. The third kappa shape index (κ3) is 4.85. The van der Waals surface area contributed by atoms with E-state index in [0.717, 1.165) is 11.3 Å². The second-order valence-corrected chi connectivity index (χ2v) is 6.52. The van der Waals surface area contributed by atoms with Crippen molar-refractivity contribution >= 4 is 11.6 Å². The Kier molecular flexibility index (Phi) is 5.71. The van der Waals surface area contributed by atoms with Gasteiger partial charge in [0.2, 0.25) is 5.88 Å². The Hall–Kier alpha value is -3.34. The summed E-state index contributed by atoms with van der Waals surface area (Å²) >= 11 is 0.